The van der Waals surface area contributed by atoms with Crippen LogP contribution in [0.1, 0.15) is 42.1 Å². The highest BCUT2D eigenvalue weighted by molar-refractivity contribution is 5.93. The number of carbonyl (C=O) groups is 2. The van der Waals surface area contributed by atoms with Gasteiger partial charge >= 0.3 is 6.18 Å². The summed E-state index contributed by atoms with van der Waals surface area (Å²) in [7, 11) is 3.55. The SMILES string of the molecule is C=N/C=C(\C=C/C)C(CC(=O)NC[C@H](Cc1ccc(C(N)=O)c(F)c1)N(C)C)C1(C(F)(F)F)CC1. The van der Waals surface area contributed by atoms with E-state index in [1.807, 2.05) is 4.90 Å². The van der Waals surface area contributed by atoms with E-state index in [9.17, 15) is 27.2 Å². The van der Waals surface area contributed by atoms with Gasteiger partial charge in [-0.1, -0.05) is 18.2 Å². The molecule has 2 amide bonds. The smallest absolute Gasteiger partial charge is 0.366 e. The molecule has 3 N–H and O–H groups in total. The number of hydrogen-bond acceptors (Lipinski definition) is 4. The summed E-state index contributed by atoms with van der Waals surface area (Å²) in [4.78, 5) is 29.5. The van der Waals surface area contributed by atoms with Gasteiger partial charge in [-0.15, -0.1) is 0 Å². The van der Waals surface area contributed by atoms with Gasteiger partial charge in [0.05, 0.1) is 11.0 Å². The topological polar surface area (TPSA) is 87.8 Å². The number of carbonyl (C=O) groups excluding carboxylic acids is 2. The van der Waals surface area contributed by atoms with Crippen molar-refractivity contribution in [3.63, 3.8) is 0 Å². The Morgan fingerprint density at radius 1 is 1.31 bits per heavy atom. The molecule has 1 aliphatic rings. The molecule has 6 nitrogen and oxygen atoms in total. The molecule has 0 bridgehead atoms. The molecule has 0 radical (unpaired) electrons. The second-order valence-electron chi connectivity index (χ2n) is 9.03. The zero-order chi connectivity index (χ0) is 26.4. The van der Waals surface area contributed by atoms with Crippen LogP contribution >= 0.6 is 0 Å². The normalized spacial score (nSPS) is 17.3. The van der Waals surface area contributed by atoms with E-state index in [1.54, 1.807) is 33.2 Å². The molecule has 0 spiro atoms. The highest BCUT2D eigenvalue weighted by Crippen LogP contribution is 2.64. The maximum atomic E-state index is 14.1. The summed E-state index contributed by atoms with van der Waals surface area (Å²) in [6.07, 6.45) is -0.147. The lowest BCUT2D eigenvalue weighted by atomic mass is 9.79. The fourth-order valence-electron chi connectivity index (χ4n) is 4.23. The Morgan fingerprint density at radius 2 is 1.97 bits per heavy atom. The fourth-order valence-corrected chi connectivity index (χ4v) is 4.23. The third-order valence-electron chi connectivity index (χ3n) is 6.45. The van der Waals surface area contributed by atoms with E-state index in [0.717, 1.165) is 0 Å². The van der Waals surface area contributed by atoms with Crippen molar-refractivity contribution in [2.75, 3.05) is 20.6 Å². The lowest BCUT2D eigenvalue weighted by Crippen LogP contribution is -2.43. The highest BCUT2D eigenvalue weighted by Gasteiger charge is 2.67. The molecule has 10 heteroatoms. The van der Waals surface area contributed by atoms with Gasteiger partial charge in [0.2, 0.25) is 5.91 Å². The minimum absolute atomic E-state index is 0.0479. The predicted molar refractivity (Wildman–Crippen MR) is 127 cm³/mol. The largest absolute Gasteiger partial charge is 0.395 e. The molecule has 1 aromatic carbocycles. The third-order valence-corrected chi connectivity index (χ3v) is 6.45. The average Bonchev–Trinajstić information content (AvgIpc) is 3.56. The van der Waals surface area contributed by atoms with E-state index < -0.39 is 35.1 Å². The van der Waals surface area contributed by atoms with E-state index in [-0.39, 0.29) is 37.4 Å². The minimum Gasteiger partial charge on any atom is -0.366 e. The molecule has 0 heterocycles. The van der Waals surface area contributed by atoms with E-state index >= 15 is 0 Å². The maximum absolute atomic E-state index is 14.1. The van der Waals surface area contributed by atoms with Gasteiger partial charge in [0.1, 0.15) is 5.82 Å². The molecule has 35 heavy (non-hydrogen) atoms. The molecule has 192 valence electrons. The average molecular weight is 497 g/mol. The Kier molecular flexibility index (Phi) is 9.37. The van der Waals surface area contributed by atoms with E-state index in [1.165, 1.54) is 24.4 Å². The lowest BCUT2D eigenvalue weighted by Gasteiger charge is -2.30. The fraction of sp³-hybridized carbons (Fsp3) is 0.480. The summed E-state index contributed by atoms with van der Waals surface area (Å²) >= 11 is 0. The van der Waals surface area contributed by atoms with E-state index in [0.29, 0.717) is 17.6 Å². The minimum atomic E-state index is -4.45. The van der Waals surface area contributed by atoms with Crippen LogP contribution in [-0.2, 0) is 11.2 Å². The van der Waals surface area contributed by atoms with E-state index in [4.69, 9.17) is 5.73 Å². The second-order valence-corrected chi connectivity index (χ2v) is 9.03. The number of halogens is 4. The number of rotatable bonds is 12. The van der Waals surface area contributed by atoms with Gasteiger partial charge in [0.25, 0.3) is 5.91 Å². The van der Waals surface area contributed by atoms with Gasteiger partial charge in [0, 0.05) is 31.1 Å². The number of alkyl halides is 3. The Bertz CT molecular complexity index is 998. The number of primary amides is 1. The zero-order valence-electron chi connectivity index (χ0n) is 20.2. The first-order valence-electron chi connectivity index (χ1n) is 11.2. The second kappa shape index (κ2) is 11.6. The standard InChI is InChI=1S/C25H32F4N4O2/c1-5-6-17(14-31-2)20(24(9-10-24)25(27,28)29)13-22(34)32-15-18(33(3)4)11-16-7-8-19(23(30)35)21(26)12-16/h5-8,12,14,18,20H,2,9-11,13,15H2,1,3-4H3,(H2,30,35)(H,32,34)/b6-5-,17-14+/t18-,20?/m0/s1. The number of nitrogens with two attached hydrogens (primary N) is 1. The molecule has 0 aromatic heterocycles. The number of benzene rings is 1. The van der Waals surface area contributed by atoms with Crippen molar-refractivity contribution in [3.8, 4) is 0 Å². The Labute approximate surface area is 203 Å². The van der Waals surface area contributed by atoms with Gasteiger partial charge in [-0.2, -0.15) is 13.2 Å². The monoisotopic (exact) mass is 496 g/mol. The number of amides is 2. The van der Waals surface area contributed by atoms with Crippen molar-refractivity contribution in [2.24, 2.45) is 22.1 Å². The van der Waals surface area contributed by atoms with Crippen LogP contribution in [-0.4, -0.2) is 56.3 Å². The quantitative estimate of drug-likeness (QED) is 0.260. The van der Waals surface area contributed by atoms with Crippen LogP contribution < -0.4 is 11.1 Å². The van der Waals surface area contributed by atoms with Gasteiger partial charge in [0.15, 0.2) is 0 Å². The van der Waals surface area contributed by atoms with Gasteiger partial charge in [-0.3, -0.25) is 14.6 Å². The molecule has 0 saturated heterocycles. The molecule has 1 saturated carbocycles. The number of aliphatic imine (C=N–C) groups is 1. The summed E-state index contributed by atoms with van der Waals surface area (Å²) < 4.78 is 55.9. The lowest BCUT2D eigenvalue weighted by molar-refractivity contribution is -0.199. The molecular weight excluding hydrogens is 464 g/mol. The molecule has 1 aliphatic carbocycles. The van der Waals surface area contributed by atoms with Crippen LogP contribution in [0.5, 0.6) is 0 Å². The molecule has 1 fully saturated rings. The van der Waals surface area contributed by atoms with Crippen molar-refractivity contribution in [3.05, 3.63) is 59.1 Å². The molecule has 2 atom stereocenters. The number of nitrogens with zero attached hydrogens (tertiary/aromatic N) is 2. The Morgan fingerprint density at radius 3 is 2.43 bits per heavy atom. The van der Waals surface area contributed by atoms with Crippen molar-refractivity contribution in [1.82, 2.24) is 10.2 Å². The third kappa shape index (κ3) is 7.00. The first kappa shape index (κ1) is 28.2. The molecule has 1 aromatic rings. The molecular formula is C25H32F4N4O2. The van der Waals surface area contributed by atoms with Gasteiger partial charge < -0.3 is 16.0 Å². The van der Waals surface area contributed by atoms with Crippen molar-refractivity contribution in [2.45, 2.75) is 44.8 Å². The maximum Gasteiger partial charge on any atom is 0.395 e. The van der Waals surface area contributed by atoms with Gasteiger partial charge in [-0.25, -0.2) is 4.39 Å². The van der Waals surface area contributed by atoms with Gasteiger partial charge in [-0.05, 0) is 70.3 Å². The number of hydrogen-bond donors (Lipinski definition) is 2. The Balaban J connectivity index is 2.15. The summed E-state index contributed by atoms with van der Waals surface area (Å²) in [5.74, 6) is -3.21. The van der Waals surface area contributed by atoms with Crippen molar-refractivity contribution in [1.29, 1.82) is 0 Å². The summed E-state index contributed by atoms with van der Waals surface area (Å²) in [5, 5.41) is 2.74. The predicted octanol–water partition coefficient (Wildman–Crippen LogP) is 4.02. The number of likely N-dealkylation sites (N-methyl/N-ethyl adjacent to an activating group) is 1. The van der Waals surface area contributed by atoms with Crippen molar-refractivity contribution < 1.29 is 27.2 Å². The van der Waals surface area contributed by atoms with Crippen LogP contribution in [0, 0.1) is 17.2 Å². The van der Waals surface area contributed by atoms with E-state index in [2.05, 4.69) is 17.0 Å². The molecule has 0 aliphatic heterocycles. The highest BCUT2D eigenvalue weighted by atomic mass is 19.4. The van der Waals surface area contributed by atoms with Crippen molar-refractivity contribution >= 4 is 18.5 Å². The van der Waals surface area contributed by atoms with Crippen LogP contribution in [0.2, 0.25) is 0 Å². The summed E-state index contributed by atoms with van der Waals surface area (Å²) in [5.41, 5.74) is 3.85. The molecule has 2 rings (SSSR count). The molecule has 1 unspecified atom stereocenters. The number of allylic oxidation sites excluding steroid dienone is 3. The van der Waals surface area contributed by atoms with Crippen LogP contribution in [0.4, 0.5) is 17.6 Å². The Hall–Kier alpha value is -3.01. The number of nitrogens with one attached hydrogen (secondary N) is 1. The first-order valence-corrected chi connectivity index (χ1v) is 11.2. The zero-order valence-corrected chi connectivity index (χ0v) is 20.2. The first-order chi connectivity index (χ1) is 16.4. The van der Waals surface area contributed by atoms with Crippen LogP contribution in [0.25, 0.3) is 0 Å². The summed E-state index contributed by atoms with van der Waals surface area (Å²) in [6, 6.07) is 3.82. The summed E-state index contributed by atoms with van der Waals surface area (Å²) in [6.45, 7) is 5.17. The van der Waals surface area contributed by atoms with Crippen LogP contribution in [0.15, 0.2) is 47.1 Å². The van der Waals surface area contributed by atoms with Crippen LogP contribution in [0.3, 0.4) is 0 Å².